The van der Waals surface area contributed by atoms with Gasteiger partial charge in [0.05, 0.1) is 0 Å². The fraction of sp³-hybridized carbons (Fsp3) is 0.167. The monoisotopic (exact) mass is 119 g/mol. The highest BCUT2D eigenvalue weighted by atomic mass is 15.1. The zero-order chi connectivity index (χ0) is 6.10. The van der Waals surface area contributed by atoms with Crippen LogP contribution in [0.5, 0.6) is 0 Å². The van der Waals surface area contributed by atoms with E-state index in [0.717, 1.165) is 18.0 Å². The van der Waals surface area contributed by atoms with Gasteiger partial charge in [0.15, 0.2) is 5.84 Å². The van der Waals surface area contributed by atoms with E-state index in [0.29, 0.717) is 0 Å². The summed E-state index contributed by atoms with van der Waals surface area (Å²) in [5, 5.41) is 0. The molecule has 0 spiro atoms. The van der Waals surface area contributed by atoms with Crippen molar-refractivity contribution in [3.63, 3.8) is 0 Å². The molecule has 9 heavy (non-hydrogen) atoms. The maximum atomic E-state index is 4.02. The zero-order valence-corrected chi connectivity index (χ0v) is 4.78. The van der Waals surface area contributed by atoms with Crippen molar-refractivity contribution in [2.45, 2.75) is 6.42 Å². The topological polar surface area (TPSA) is 37.1 Å². The molecule has 3 heteroatoms. The first kappa shape index (κ1) is 4.61. The van der Waals surface area contributed by atoms with Crippen LogP contribution in [0.4, 0.5) is 0 Å². The van der Waals surface area contributed by atoms with Gasteiger partial charge in [-0.3, -0.25) is 0 Å². The summed E-state index contributed by atoms with van der Waals surface area (Å²) in [4.78, 5) is 11.9. The Morgan fingerprint density at radius 2 is 2.33 bits per heavy atom. The van der Waals surface area contributed by atoms with Crippen LogP contribution >= 0.6 is 0 Å². The standard InChI is InChI=1S/C6H5N3/c1-2-5-6(7-3-1)9-4-8-5/h2-4H,1H2. The maximum absolute atomic E-state index is 4.02. The molecule has 0 aromatic heterocycles. The molecule has 0 aromatic carbocycles. The first-order valence-corrected chi connectivity index (χ1v) is 2.80. The Hall–Kier alpha value is -1.25. The molecule has 0 amide bonds. The van der Waals surface area contributed by atoms with E-state index in [1.165, 1.54) is 6.34 Å². The first-order chi connectivity index (χ1) is 4.47. The minimum absolute atomic E-state index is 0.751. The number of hydrogen-bond acceptors (Lipinski definition) is 3. The summed E-state index contributed by atoms with van der Waals surface area (Å²) in [6.45, 7) is 0. The van der Waals surface area contributed by atoms with Crippen LogP contribution in [0, 0.1) is 0 Å². The van der Waals surface area contributed by atoms with Crippen molar-refractivity contribution in [1.29, 1.82) is 0 Å². The minimum atomic E-state index is 0.751. The largest absolute Gasteiger partial charge is 0.239 e. The Labute approximate surface area is 52.5 Å². The maximum Gasteiger partial charge on any atom is 0.179 e. The number of aliphatic imine (C=N–C) groups is 3. The molecule has 44 valence electrons. The highest BCUT2D eigenvalue weighted by molar-refractivity contribution is 6.10. The van der Waals surface area contributed by atoms with Crippen LogP contribution in [-0.2, 0) is 0 Å². The fourth-order valence-electron chi connectivity index (χ4n) is 0.817. The molecule has 0 saturated heterocycles. The van der Waals surface area contributed by atoms with Gasteiger partial charge < -0.3 is 0 Å². The lowest BCUT2D eigenvalue weighted by Crippen LogP contribution is -1.98. The molecule has 0 unspecified atom stereocenters. The molecule has 0 atom stereocenters. The van der Waals surface area contributed by atoms with Crippen molar-refractivity contribution in [3.8, 4) is 0 Å². The number of fused-ring (bicyclic) bond motifs is 1. The molecular formula is C6H5N3. The van der Waals surface area contributed by atoms with Crippen LogP contribution < -0.4 is 0 Å². The first-order valence-electron chi connectivity index (χ1n) is 2.80. The summed E-state index contributed by atoms with van der Waals surface area (Å²) in [6, 6.07) is 0. The molecule has 2 aliphatic rings. The molecular weight excluding hydrogens is 114 g/mol. The second kappa shape index (κ2) is 1.62. The average Bonchev–Trinajstić information content (AvgIpc) is 2.33. The molecule has 0 fully saturated rings. The minimum Gasteiger partial charge on any atom is -0.239 e. The number of nitrogens with zero attached hydrogens (tertiary/aromatic N) is 3. The second-order valence-corrected chi connectivity index (χ2v) is 1.83. The van der Waals surface area contributed by atoms with Gasteiger partial charge in [0.2, 0.25) is 0 Å². The van der Waals surface area contributed by atoms with Gasteiger partial charge in [0.1, 0.15) is 12.0 Å². The van der Waals surface area contributed by atoms with Gasteiger partial charge in [-0.05, 0) is 6.08 Å². The normalized spacial score (nSPS) is 21.3. The highest BCUT2D eigenvalue weighted by Gasteiger charge is 2.09. The summed E-state index contributed by atoms with van der Waals surface area (Å²) in [5.41, 5.74) is 0.914. The highest BCUT2D eigenvalue weighted by Crippen LogP contribution is 2.10. The Bertz CT molecular complexity index is 245. The number of hydrogen-bond donors (Lipinski definition) is 0. The second-order valence-electron chi connectivity index (χ2n) is 1.83. The van der Waals surface area contributed by atoms with Crippen molar-refractivity contribution < 1.29 is 0 Å². The number of allylic oxidation sites excluding steroid dienone is 1. The van der Waals surface area contributed by atoms with Gasteiger partial charge in [0.25, 0.3) is 0 Å². The fourth-order valence-corrected chi connectivity index (χ4v) is 0.817. The zero-order valence-electron chi connectivity index (χ0n) is 4.78. The van der Waals surface area contributed by atoms with Gasteiger partial charge >= 0.3 is 0 Å². The molecule has 0 aromatic rings. The Kier molecular flexibility index (Phi) is 0.828. The van der Waals surface area contributed by atoms with Crippen molar-refractivity contribution in [2.24, 2.45) is 15.0 Å². The van der Waals surface area contributed by atoms with Crippen molar-refractivity contribution in [3.05, 3.63) is 11.8 Å². The number of rotatable bonds is 0. The van der Waals surface area contributed by atoms with Crippen molar-refractivity contribution in [1.82, 2.24) is 0 Å². The van der Waals surface area contributed by atoms with Gasteiger partial charge in [-0.1, -0.05) is 0 Å². The molecule has 2 aliphatic heterocycles. The number of dihydropyridines is 1. The smallest absolute Gasteiger partial charge is 0.179 e. The van der Waals surface area contributed by atoms with Crippen molar-refractivity contribution >= 4 is 18.4 Å². The summed E-state index contributed by atoms with van der Waals surface area (Å²) in [5.74, 6) is 0.751. The Balaban J connectivity index is 2.46. The van der Waals surface area contributed by atoms with Gasteiger partial charge in [-0.25, -0.2) is 15.0 Å². The summed E-state index contributed by atoms with van der Waals surface area (Å²) in [6.07, 6.45) is 6.25. The molecule has 0 bridgehead atoms. The number of amidine groups is 1. The van der Waals surface area contributed by atoms with E-state index in [1.54, 1.807) is 0 Å². The van der Waals surface area contributed by atoms with Crippen LogP contribution in [0.1, 0.15) is 6.42 Å². The lowest BCUT2D eigenvalue weighted by Gasteiger charge is -1.97. The summed E-state index contributed by atoms with van der Waals surface area (Å²) in [7, 11) is 0. The lowest BCUT2D eigenvalue weighted by atomic mass is 10.3. The van der Waals surface area contributed by atoms with E-state index in [-0.39, 0.29) is 0 Å². The van der Waals surface area contributed by atoms with E-state index < -0.39 is 0 Å². The van der Waals surface area contributed by atoms with Crippen LogP contribution in [-0.4, -0.2) is 18.4 Å². The summed E-state index contributed by atoms with van der Waals surface area (Å²) < 4.78 is 0. The van der Waals surface area contributed by atoms with E-state index in [4.69, 9.17) is 0 Å². The van der Waals surface area contributed by atoms with Gasteiger partial charge in [-0.15, -0.1) is 0 Å². The predicted molar refractivity (Wildman–Crippen MR) is 37.1 cm³/mol. The molecule has 0 N–H and O–H groups in total. The molecule has 0 aliphatic carbocycles. The van der Waals surface area contributed by atoms with E-state index in [1.807, 2.05) is 12.3 Å². The predicted octanol–water partition coefficient (Wildman–Crippen LogP) is 0.785. The third kappa shape index (κ3) is 0.614. The molecule has 2 rings (SSSR count). The SMILES string of the molecule is C1=NC2=CCC=NC2=N1. The quantitative estimate of drug-likeness (QED) is 0.452. The van der Waals surface area contributed by atoms with E-state index >= 15 is 0 Å². The van der Waals surface area contributed by atoms with E-state index in [2.05, 4.69) is 15.0 Å². The molecule has 0 saturated carbocycles. The van der Waals surface area contributed by atoms with Crippen LogP contribution in [0.15, 0.2) is 26.8 Å². The Morgan fingerprint density at radius 1 is 1.33 bits per heavy atom. The average molecular weight is 119 g/mol. The lowest BCUT2D eigenvalue weighted by molar-refractivity contribution is 1.35. The van der Waals surface area contributed by atoms with Gasteiger partial charge in [0, 0.05) is 12.6 Å². The third-order valence-electron chi connectivity index (χ3n) is 1.24. The molecule has 3 nitrogen and oxygen atoms in total. The van der Waals surface area contributed by atoms with Crippen LogP contribution in [0.2, 0.25) is 0 Å². The van der Waals surface area contributed by atoms with Crippen LogP contribution in [0.25, 0.3) is 0 Å². The van der Waals surface area contributed by atoms with Crippen LogP contribution in [0.3, 0.4) is 0 Å². The summed E-state index contributed by atoms with van der Waals surface area (Å²) >= 11 is 0. The molecule has 0 radical (unpaired) electrons. The molecule has 2 heterocycles. The van der Waals surface area contributed by atoms with Crippen molar-refractivity contribution in [2.75, 3.05) is 0 Å². The Morgan fingerprint density at radius 3 is 3.22 bits per heavy atom. The third-order valence-corrected chi connectivity index (χ3v) is 1.24. The van der Waals surface area contributed by atoms with E-state index in [9.17, 15) is 0 Å². The van der Waals surface area contributed by atoms with Gasteiger partial charge in [-0.2, -0.15) is 0 Å².